The number of nitro groups is 1. The second-order valence-electron chi connectivity index (χ2n) is 5.64. The van der Waals surface area contributed by atoms with E-state index in [4.69, 9.17) is 9.84 Å². The topological polar surface area (TPSA) is 105 Å². The molecule has 126 valence electrons. The average Bonchev–Trinajstić information content (AvgIpc) is 2.71. The van der Waals surface area contributed by atoms with E-state index in [9.17, 15) is 15.2 Å². The Morgan fingerprint density at radius 3 is 2.79 bits per heavy atom. The molecule has 2 aromatic rings. The van der Waals surface area contributed by atoms with E-state index in [-0.39, 0.29) is 25.4 Å². The van der Waals surface area contributed by atoms with Crippen LogP contribution in [0.2, 0.25) is 0 Å². The highest BCUT2D eigenvalue weighted by Gasteiger charge is 2.39. The summed E-state index contributed by atoms with van der Waals surface area (Å²) in [6.45, 7) is 0.542. The van der Waals surface area contributed by atoms with Crippen LogP contribution in [0.25, 0.3) is 0 Å². The van der Waals surface area contributed by atoms with Gasteiger partial charge in [-0.25, -0.2) is 0 Å². The number of nitrogens with zero attached hydrogens (tertiary/aromatic N) is 1. The summed E-state index contributed by atoms with van der Waals surface area (Å²) in [6.07, 6.45) is 0. The Labute approximate surface area is 138 Å². The van der Waals surface area contributed by atoms with Crippen molar-refractivity contribution < 1.29 is 19.9 Å². The van der Waals surface area contributed by atoms with Crippen molar-refractivity contribution in [2.24, 2.45) is 0 Å². The molecule has 7 heteroatoms. The number of aliphatic hydroxyl groups is 2. The Hall–Kier alpha value is -2.48. The van der Waals surface area contributed by atoms with Gasteiger partial charge in [-0.1, -0.05) is 18.2 Å². The fraction of sp³-hybridized carbons (Fsp3) is 0.294. The van der Waals surface area contributed by atoms with Crippen molar-refractivity contribution in [2.75, 3.05) is 19.7 Å². The van der Waals surface area contributed by atoms with Crippen molar-refractivity contribution in [3.63, 3.8) is 0 Å². The molecular formula is C17H18N2O5. The molecule has 3 N–H and O–H groups in total. The average molecular weight is 330 g/mol. The number of nitro benzene ring substituents is 1. The molecule has 0 saturated heterocycles. The summed E-state index contributed by atoms with van der Waals surface area (Å²) in [5.41, 5.74) is 0.0736. The molecule has 0 amide bonds. The highest BCUT2D eigenvalue weighted by atomic mass is 16.6. The molecule has 0 aliphatic carbocycles. The van der Waals surface area contributed by atoms with Crippen molar-refractivity contribution in [2.45, 2.75) is 12.2 Å². The number of aliphatic hydroxyl groups excluding tert-OH is 1. The molecular weight excluding hydrogens is 312 g/mol. The number of hydrogen-bond acceptors (Lipinski definition) is 6. The number of ether oxygens (including phenoxy) is 1. The summed E-state index contributed by atoms with van der Waals surface area (Å²) in [5, 5.41) is 34.5. The first-order valence-corrected chi connectivity index (χ1v) is 7.60. The molecule has 7 nitrogen and oxygen atoms in total. The molecule has 0 fully saturated rings. The minimum absolute atomic E-state index is 0.0734. The standard InChI is InChI=1S/C17H18N2O5/c20-8-7-18-11-17(21)14-3-1-2-4-16(14)24-10-12-5-6-13(19(22)23)9-15(12)17/h1-6,9,18,20-21H,7-8,10-11H2. The third-order valence-corrected chi connectivity index (χ3v) is 4.14. The highest BCUT2D eigenvalue weighted by Crippen LogP contribution is 2.41. The number of benzene rings is 2. The van der Waals surface area contributed by atoms with Crippen LogP contribution in [0.3, 0.4) is 0 Å². The van der Waals surface area contributed by atoms with Crippen LogP contribution in [0.4, 0.5) is 5.69 Å². The fourth-order valence-electron chi connectivity index (χ4n) is 2.96. The van der Waals surface area contributed by atoms with E-state index in [1.807, 2.05) is 0 Å². The zero-order valence-corrected chi connectivity index (χ0v) is 12.9. The van der Waals surface area contributed by atoms with Crippen molar-refractivity contribution in [3.05, 3.63) is 69.3 Å². The van der Waals surface area contributed by atoms with Gasteiger partial charge >= 0.3 is 0 Å². The van der Waals surface area contributed by atoms with E-state index >= 15 is 0 Å². The maximum Gasteiger partial charge on any atom is 0.269 e. The lowest BCUT2D eigenvalue weighted by atomic mass is 9.83. The molecule has 24 heavy (non-hydrogen) atoms. The lowest BCUT2D eigenvalue weighted by Crippen LogP contribution is -2.40. The van der Waals surface area contributed by atoms with Crippen LogP contribution in [0, 0.1) is 10.1 Å². The summed E-state index contributed by atoms with van der Waals surface area (Å²) < 4.78 is 5.77. The van der Waals surface area contributed by atoms with Crippen LogP contribution < -0.4 is 10.1 Å². The largest absolute Gasteiger partial charge is 0.488 e. The first-order valence-electron chi connectivity index (χ1n) is 7.60. The van der Waals surface area contributed by atoms with Crippen molar-refractivity contribution >= 4 is 5.69 Å². The molecule has 1 atom stereocenters. The molecule has 0 saturated carbocycles. The van der Waals surface area contributed by atoms with Crippen molar-refractivity contribution in [1.82, 2.24) is 5.32 Å². The monoisotopic (exact) mass is 330 g/mol. The van der Waals surface area contributed by atoms with E-state index in [1.54, 1.807) is 30.3 Å². The lowest BCUT2D eigenvalue weighted by molar-refractivity contribution is -0.385. The van der Waals surface area contributed by atoms with Gasteiger partial charge in [-0.15, -0.1) is 0 Å². The Kier molecular flexibility index (Phi) is 4.48. The normalized spacial score (nSPS) is 18.9. The molecule has 1 heterocycles. The molecule has 0 radical (unpaired) electrons. The Morgan fingerprint density at radius 2 is 2.04 bits per heavy atom. The number of rotatable bonds is 5. The van der Waals surface area contributed by atoms with Gasteiger partial charge in [0.25, 0.3) is 5.69 Å². The Morgan fingerprint density at radius 1 is 1.25 bits per heavy atom. The number of fused-ring (bicyclic) bond motifs is 2. The second-order valence-corrected chi connectivity index (χ2v) is 5.64. The minimum Gasteiger partial charge on any atom is -0.488 e. The summed E-state index contributed by atoms with van der Waals surface area (Å²) in [6, 6.07) is 11.5. The van der Waals surface area contributed by atoms with Gasteiger partial charge < -0.3 is 20.3 Å². The predicted octanol–water partition coefficient (Wildman–Crippen LogP) is 1.30. The molecule has 0 spiro atoms. The molecule has 1 unspecified atom stereocenters. The Balaban J connectivity index is 2.16. The summed E-state index contributed by atoms with van der Waals surface area (Å²) in [4.78, 5) is 10.6. The van der Waals surface area contributed by atoms with Gasteiger partial charge in [0.15, 0.2) is 0 Å². The first kappa shape index (κ1) is 16.4. The van der Waals surface area contributed by atoms with Crippen LogP contribution in [0.15, 0.2) is 42.5 Å². The van der Waals surface area contributed by atoms with Crippen LogP contribution in [-0.2, 0) is 12.2 Å². The molecule has 1 aliphatic rings. The van der Waals surface area contributed by atoms with Crippen LogP contribution >= 0.6 is 0 Å². The summed E-state index contributed by atoms with van der Waals surface area (Å²) >= 11 is 0. The van der Waals surface area contributed by atoms with Gasteiger partial charge in [-0.3, -0.25) is 10.1 Å². The maximum atomic E-state index is 11.4. The van der Waals surface area contributed by atoms with E-state index in [0.717, 1.165) is 0 Å². The van der Waals surface area contributed by atoms with Gasteiger partial charge in [-0.05, 0) is 17.7 Å². The highest BCUT2D eigenvalue weighted by molar-refractivity contribution is 5.52. The number of nitrogens with one attached hydrogen (secondary N) is 1. The molecule has 3 rings (SSSR count). The smallest absolute Gasteiger partial charge is 0.269 e. The molecule has 2 aromatic carbocycles. The van der Waals surface area contributed by atoms with Crippen LogP contribution in [0.1, 0.15) is 16.7 Å². The first-order chi connectivity index (χ1) is 11.6. The quantitative estimate of drug-likeness (QED) is 0.434. The lowest BCUT2D eigenvalue weighted by Gasteiger charge is -2.30. The van der Waals surface area contributed by atoms with E-state index < -0.39 is 10.5 Å². The molecule has 0 aromatic heterocycles. The number of hydrogen-bond donors (Lipinski definition) is 3. The van der Waals surface area contributed by atoms with Crippen LogP contribution in [-0.4, -0.2) is 34.8 Å². The Bertz CT molecular complexity index is 764. The van der Waals surface area contributed by atoms with Crippen LogP contribution in [0.5, 0.6) is 5.75 Å². The van der Waals surface area contributed by atoms with E-state index in [1.165, 1.54) is 12.1 Å². The number of non-ortho nitro benzene ring substituents is 1. The van der Waals surface area contributed by atoms with Crippen molar-refractivity contribution in [3.8, 4) is 5.75 Å². The van der Waals surface area contributed by atoms with Gasteiger partial charge in [0.05, 0.1) is 11.5 Å². The third kappa shape index (κ3) is 2.84. The second kappa shape index (κ2) is 6.56. The van der Waals surface area contributed by atoms with Gasteiger partial charge in [-0.2, -0.15) is 0 Å². The van der Waals surface area contributed by atoms with Gasteiger partial charge in [0, 0.05) is 36.3 Å². The third-order valence-electron chi connectivity index (χ3n) is 4.14. The molecule has 1 aliphatic heterocycles. The van der Waals surface area contributed by atoms with Crippen molar-refractivity contribution in [1.29, 1.82) is 0 Å². The fourth-order valence-corrected chi connectivity index (χ4v) is 2.96. The van der Waals surface area contributed by atoms with E-state index in [2.05, 4.69) is 5.32 Å². The minimum atomic E-state index is -1.50. The van der Waals surface area contributed by atoms with E-state index in [0.29, 0.717) is 29.0 Å². The zero-order valence-electron chi connectivity index (χ0n) is 12.9. The van der Waals surface area contributed by atoms with Gasteiger partial charge in [0.1, 0.15) is 18.0 Å². The zero-order chi connectivity index (χ0) is 17.2. The number of para-hydroxylation sites is 1. The molecule has 0 bridgehead atoms. The predicted molar refractivity (Wildman–Crippen MR) is 86.8 cm³/mol. The summed E-state index contributed by atoms with van der Waals surface area (Å²) in [7, 11) is 0. The van der Waals surface area contributed by atoms with Gasteiger partial charge in [0.2, 0.25) is 0 Å². The maximum absolute atomic E-state index is 11.4. The summed E-state index contributed by atoms with van der Waals surface area (Å²) in [5.74, 6) is 0.532. The SMILES string of the molecule is O=[N+]([O-])c1ccc2c(c1)C(O)(CNCCO)c1ccccc1OC2.